The highest BCUT2D eigenvalue weighted by Crippen LogP contribution is 2.24. The van der Waals surface area contributed by atoms with Gasteiger partial charge in [-0.25, -0.2) is 0 Å². The molecule has 1 aromatic heterocycles. The number of piperazine rings is 1. The fraction of sp³-hybridized carbons (Fsp3) is 0.389. The lowest BCUT2D eigenvalue weighted by Crippen LogP contribution is -2.45. The van der Waals surface area contributed by atoms with Crippen molar-refractivity contribution in [3.8, 4) is 5.75 Å². The first kappa shape index (κ1) is 18.3. The van der Waals surface area contributed by atoms with E-state index in [0.717, 1.165) is 38.3 Å². The molecular formula is C18H20Cl2N2O3. The van der Waals surface area contributed by atoms with Crippen molar-refractivity contribution in [3.63, 3.8) is 0 Å². The molecule has 25 heavy (non-hydrogen) atoms. The molecule has 0 saturated carbocycles. The second kappa shape index (κ2) is 7.79. The van der Waals surface area contributed by atoms with Gasteiger partial charge in [-0.3, -0.25) is 14.6 Å². The SMILES string of the molecule is Cc1cc(=O)c(O)c(CN2CCN(Cc3ccc(Cl)c(Cl)c3)CC2)o1. The van der Waals surface area contributed by atoms with E-state index in [2.05, 4.69) is 9.80 Å². The fourth-order valence-corrected chi connectivity index (χ4v) is 3.30. The lowest BCUT2D eigenvalue weighted by atomic mass is 10.2. The van der Waals surface area contributed by atoms with E-state index in [1.807, 2.05) is 18.2 Å². The normalized spacial score (nSPS) is 16.3. The summed E-state index contributed by atoms with van der Waals surface area (Å²) < 4.78 is 5.51. The van der Waals surface area contributed by atoms with Crippen LogP contribution in [0, 0.1) is 6.92 Å². The van der Waals surface area contributed by atoms with Crippen molar-refractivity contribution in [1.29, 1.82) is 0 Å². The Balaban J connectivity index is 1.57. The topological polar surface area (TPSA) is 56.9 Å². The van der Waals surface area contributed by atoms with Gasteiger partial charge in [-0.15, -0.1) is 0 Å². The number of halogens is 2. The molecule has 3 rings (SSSR count). The third-order valence-electron chi connectivity index (χ3n) is 4.34. The van der Waals surface area contributed by atoms with Gasteiger partial charge in [-0.2, -0.15) is 0 Å². The third kappa shape index (κ3) is 4.55. The average Bonchev–Trinajstić information content (AvgIpc) is 2.57. The van der Waals surface area contributed by atoms with E-state index in [0.29, 0.717) is 28.1 Å². The Hall–Kier alpha value is -1.53. The van der Waals surface area contributed by atoms with Crippen LogP contribution in [0.1, 0.15) is 17.1 Å². The Labute approximate surface area is 156 Å². The summed E-state index contributed by atoms with van der Waals surface area (Å²) in [6, 6.07) is 7.00. The molecule has 7 heteroatoms. The van der Waals surface area contributed by atoms with E-state index < -0.39 is 5.43 Å². The van der Waals surface area contributed by atoms with Gasteiger partial charge in [0.1, 0.15) is 5.76 Å². The van der Waals surface area contributed by atoms with Gasteiger partial charge in [-0.1, -0.05) is 29.3 Å². The Morgan fingerprint density at radius 3 is 2.32 bits per heavy atom. The number of benzene rings is 1. The molecule has 0 unspecified atom stereocenters. The molecule has 0 atom stereocenters. The minimum Gasteiger partial charge on any atom is -0.502 e. The molecule has 5 nitrogen and oxygen atoms in total. The molecule has 0 bridgehead atoms. The number of aromatic hydroxyl groups is 1. The van der Waals surface area contributed by atoms with Gasteiger partial charge in [-0.05, 0) is 24.6 Å². The fourth-order valence-electron chi connectivity index (χ4n) is 2.97. The van der Waals surface area contributed by atoms with Crippen LogP contribution in [-0.2, 0) is 13.1 Å². The number of nitrogens with zero attached hydrogens (tertiary/aromatic N) is 2. The van der Waals surface area contributed by atoms with Crippen LogP contribution >= 0.6 is 23.2 Å². The van der Waals surface area contributed by atoms with E-state index in [9.17, 15) is 9.90 Å². The zero-order valence-corrected chi connectivity index (χ0v) is 15.5. The van der Waals surface area contributed by atoms with Crippen LogP contribution in [0.15, 0.2) is 33.5 Å². The van der Waals surface area contributed by atoms with Crippen LogP contribution in [0.4, 0.5) is 0 Å². The maximum atomic E-state index is 11.7. The molecule has 134 valence electrons. The maximum absolute atomic E-state index is 11.7. The third-order valence-corrected chi connectivity index (χ3v) is 5.08. The Kier molecular flexibility index (Phi) is 5.69. The quantitative estimate of drug-likeness (QED) is 0.878. The standard InChI is InChI=1S/C18H20Cl2N2O3/c1-12-8-16(23)18(24)17(25-12)11-22-6-4-21(5-7-22)10-13-2-3-14(19)15(20)9-13/h2-3,8-9,24H,4-7,10-11H2,1H3. The van der Waals surface area contributed by atoms with Crippen LogP contribution in [0.5, 0.6) is 5.75 Å². The van der Waals surface area contributed by atoms with Crippen molar-refractivity contribution < 1.29 is 9.52 Å². The van der Waals surface area contributed by atoms with E-state index in [-0.39, 0.29) is 5.75 Å². The van der Waals surface area contributed by atoms with Crippen LogP contribution in [0.25, 0.3) is 0 Å². The monoisotopic (exact) mass is 382 g/mol. The number of rotatable bonds is 4. The largest absolute Gasteiger partial charge is 0.502 e. The predicted octanol–water partition coefficient (Wildman–Crippen LogP) is 3.28. The Morgan fingerprint density at radius 2 is 1.68 bits per heavy atom. The Bertz CT molecular complexity index is 814. The van der Waals surface area contributed by atoms with Gasteiger partial charge in [0.05, 0.1) is 16.6 Å². The van der Waals surface area contributed by atoms with Crippen molar-refractivity contribution in [2.75, 3.05) is 26.2 Å². The van der Waals surface area contributed by atoms with Gasteiger partial charge in [0.25, 0.3) is 0 Å². The molecule has 1 aromatic carbocycles. The lowest BCUT2D eigenvalue weighted by Gasteiger charge is -2.34. The molecule has 1 N–H and O–H groups in total. The van der Waals surface area contributed by atoms with E-state index in [1.165, 1.54) is 6.07 Å². The highest BCUT2D eigenvalue weighted by atomic mass is 35.5. The van der Waals surface area contributed by atoms with Crippen molar-refractivity contribution in [2.24, 2.45) is 0 Å². The second-order valence-electron chi connectivity index (χ2n) is 6.29. The van der Waals surface area contributed by atoms with Crippen LogP contribution in [-0.4, -0.2) is 41.1 Å². The Morgan fingerprint density at radius 1 is 1.04 bits per heavy atom. The molecular weight excluding hydrogens is 363 g/mol. The summed E-state index contributed by atoms with van der Waals surface area (Å²) in [5, 5.41) is 11.0. The smallest absolute Gasteiger partial charge is 0.227 e. The average molecular weight is 383 g/mol. The van der Waals surface area contributed by atoms with Crippen LogP contribution in [0.3, 0.4) is 0 Å². The molecule has 1 saturated heterocycles. The predicted molar refractivity (Wildman–Crippen MR) is 98.4 cm³/mol. The zero-order chi connectivity index (χ0) is 18.0. The molecule has 1 aliphatic rings. The number of aryl methyl sites for hydroxylation is 1. The molecule has 1 aliphatic heterocycles. The lowest BCUT2D eigenvalue weighted by molar-refractivity contribution is 0.113. The van der Waals surface area contributed by atoms with E-state index in [1.54, 1.807) is 6.92 Å². The van der Waals surface area contributed by atoms with Crippen LogP contribution < -0.4 is 5.43 Å². The molecule has 2 heterocycles. The van der Waals surface area contributed by atoms with Crippen molar-refractivity contribution >= 4 is 23.2 Å². The molecule has 0 aliphatic carbocycles. The summed E-state index contributed by atoms with van der Waals surface area (Å²) >= 11 is 12.0. The first-order chi connectivity index (χ1) is 11.9. The van der Waals surface area contributed by atoms with Crippen molar-refractivity contribution in [2.45, 2.75) is 20.0 Å². The second-order valence-corrected chi connectivity index (χ2v) is 7.11. The zero-order valence-electron chi connectivity index (χ0n) is 14.0. The summed E-state index contributed by atoms with van der Waals surface area (Å²) in [4.78, 5) is 16.2. The van der Waals surface area contributed by atoms with Gasteiger partial charge in [0.15, 0.2) is 5.76 Å². The van der Waals surface area contributed by atoms with E-state index in [4.69, 9.17) is 27.6 Å². The first-order valence-electron chi connectivity index (χ1n) is 8.13. The number of hydrogen-bond donors (Lipinski definition) is 1. The molecule has 0 radical (unpaired) electrons. The van der Waals surface area contributed by atoms with Gasteiger partial charge >= 0.3 is 0 Å². The minimum atomic E-state index is -0.392. The van der Waals surface area contributed by atoms with E-state index >= 15 is 0 Å². The minimum absolute atomic E-state index is 0.288. The molecule has 0 spiro atoms. The maximum Gasteiger partial charge on any atom is 0.227 e. The van der Waals surface area contributed by atoms with Gasteiger partial charge < -0.3 is 9.52 Å². The summed E-state index contributed by atoms with van der Waals surface area (Å²) in [6.07, 6.45) is 0. The summed E-state index contributed by atoms with van der Waals surface area (Å²) in [7, 11) is 0. The van der Waals surface area contributed by atoms with Crippen molar-refractivity contribution in [3.05, 3.63) is 61.6 Å². The molecule has 2 aromatic rings. The summed E-state index contributed by atoms with van der Waals surface area (Å²) in [5.41, 5.74) is 0.738. The molecule has 0 amide bonds. The van der Waals surface area contributed by atoms with Crippen LogP contribution in [0.2, 0.25) is 10.0 Å². The molecule has 1 fully saturated rings. The summed E-state index contributed by atoms with van der Waals surface area (Å²) in [6.45, 7) is 6.39. The summed E-state index contributed by atoms with van der Waals surface area (Å²) in [5.74, 6) is 0.558. The van der Waals surface area contributed by atoms with Gasteiger partial charge in [0, 0.05) is 38.8 Å². The highest BCUT2D eigenvalue weighted by molar-refractivity contribution is 6.42. The highest BCUT2D eigenvalue weighted by Gasteiger charge is 2.20. The van der Waals surface area contributed by atoms with Gasteiger partial charge in [0.2, 0.25) is 11.2 Å². The van der Waals surface area contributed by atoms with Crippen molar-refractivity contribution in [1.82, 2.24) is 9.80 Å². The number of hydrogen-bond acceptors (Lipinski definition) is 5. The first-order valence-corrected chi connectivity index (χ1v) is 8.89.